The van der Waals surface area contributed by atoms with Crippen LogP contribution in [-0.2, 0) is 0 Å². The molecular weight excluding hydrogens is 679 g/mol. The van der Waals surface area contributed by atoms with Crippen LogP contribution in [0.4, 0.5) is 0 Å². The Morgan fingerprint density at radius 1 is 0.268 bits per heavy atom. The van der Waals surface area contributed by atoms with Crippen molar-refractivity contribution in [1.82, 2.24) is 4.57 Å². The van der Waals surface area contributed by atoms with Gasteiger partial charge in [0.2, 0.25) is 0 Å². The molecule has 10 aromatic carbocycles. The molecule has 0 aliphatic heterocycles. The lowest BCUT2D eigenvalue weighted by molar-refractivity contribution is 0.669. The monoisotopic (exact) mass is 711 g/mol. The third-order valence-corrected chi connectivity index (χ3v) is 11.7. The number of furan rings is 1. The van der Waals surface area contributed by atoms with Crippen LogP contribution in [0.25, 0.3) is 115 Å². The van der Waals surface area contributed by atoms with Gasteiger partial charge in [-0.3, -0.25) is 0 Å². The van der Waals surface area contributed by atoms with Crippen molar-refractivity contribution in [3.63, 3.8) is 0 Å². The summed E-state index contributed by atoms with van der Waals surface area (Å²) < 4.78 is 8.74. The molecule has 0 spiro atoms. The molecule has 0 aliphatic carbocycles. The molecule has 2 nitrogen and oxygen atoms in total. The van der Waals surface area contributed by atoms with Crippen molar-refractivity contribution in [3.05, 3.63) is 200 Å². The quantitative estimate of drug-likeness (QED) is 0.178. The van der Waals surface area contributed by atoms with E-state index < -0.39 is 0 Å². The molecule has 12 aromatic rings. The van der Waals surface area contributed by atoms with Gasteiger partial charge >= 0.3 is 0 Å². The van der Waals surface area contributed by atoms with Crippen molar-refractivity contribution in [1.29, 1.82) is 0 Å². The van der Waals surface area contributed by atoms with Crippen LogP contribution in [0.15, 0.2) is 205 Å². The van der Waals surface area contributed by atoms with Gasteiger partial charge in [0.25, 0.3) is 0 Å². The Balaban J connectivity index is 0.886. The van der Waals surface area contributed by atoms with Crippen molar-refractivity contribution < 1.29 is 4.42 Å². The number of hydrogen-bond acceptors (Lipinski definition) is 1. The van der Waals surface area contributed by atoms with E-state index in [1.807, 2.05) is 0 Å². The zero-order chi connectivity index (χ0) is 36.7. The van der Waals surface area contributed by atoms with Gasteiger partial charge in [0.05, 0.1) is 11.0 Å². The predicted octanol–water partition coefficient (Wildman–Crippen LogP) is 15.1. The summed E-state index contributed by atoms with van der Waals surface area (Å²) in [7, 11) is 0. The molecule has 0 amide bonds. The van der Waals surface area contributed by atoms with E-state index in [1.165, 1.54) is 87.5 Å². The second-order valence-corrected chi connectivity index (χ2v) is 15.0. The number of nitrogens with zero attached hydrogens (tertiary/aromatic N) is 1. The number of fused-ring (bicyclic) bond motifs is 9. The predicted molar refractivity (Wildman–Crippen MR) is 237 cm³/mol. The second-order valence-electron chi connectivity index (χ2n) is 15.0. The summed E-state index contributed by atoms with van der Waals surface area (Å²) in [5.41, 5.74) is 12.6. The normalized spacial score (nSPS) is 11.9. The summed E-state index contributed by atoms with van der Waals surface area (Å²) in [5.74, 6) is 0. The van der Waals surface area contributed by atoms with Crippen LogP contribution in [0.3, 0.4) is 0 Å². The molecule has 56 heavy (non-hydrogen) atoms. The molecule has 0 fully saturated rings. The van der Waals surface area contributed by atoms with Crippen molar-refractivity contribution in [2.24, 2.45) is 0 Å². The van der Waals surface area contributed by atoms with Crippen LogP contribution < -0.4 is 0 Å². The number of hydrogen-bond donors (Lipinski definition) is 0. The van der Waals surface area contributed by atoms with E-state index in [1.54, 1.807) is 0 Å². The average Bonchev–Trinajstić information content (AvgIpc) is 3.79. The Morgan fingerprint density at radius 3 is 1.46 bits per heavy atom. The molecule has 0 bridgehead atoms. The number of aromatic nitrogens is 1. The molecule has 0 N–H and O–H groups in total. The Kier molecular flexibility index (Phi) is 6.66. The van der Waals surface area contributed by atoms with E-state index in [4.69, 9.17) is 4.42 Å². The van der Waals surface area contributed by atoms with Gasteiger partial charge in [0, 0.05) is 27.2 Å². The molecular formula is C54H33NO. The van der Waals surface area contributed by atoms with Crippen LogP contribution in [0.5, 0.6) is 0 Å². The fourth-order valence-corrected chi connectivity index (χ4v) is 8.85. The van der Waals surface area contributed by atoms with Crippen LogP contribution >= 0.6 is 0 Å². The highest BCUT2D eigenvalue weighted by molar-refractivity contribution is 6.13. The molecule has 12 rings (SSSR count). The maximum Gasteiger partial charge on any atom is 0.136 e. The molecule has 0 unspecified atom stereocenters. The smallest absolute Gasteiger partial charge is 0.136 e. The SMILES string of the molecule is c1ccc2cc(-c3ccc4cc(-c5ccc(-c6ccc7c(c6)c6ccccc6n7-c6ccc7oc8cc9ccccc9cc8c7c6)cc5)ccc4c3)ccc2c1. The standard InChI is InChI=1S/C54H33NO/c1-2-8-37-27-41(18-17-34(37)7-1)44-22-21-42-28-40(19-20-43(42)29-44)35-13-15-36(16-14-35)45-23-25-52-48(30-45)47-11-5-6-12-51(47)55(52)46-24-26-53-50(33-46)49-31-38-9-3-4-10-39(38)32-54(49)56-53/h1-33H. The van der Waals surface area contributed by atoms with Gasteiger partial charge in [-0.05, 0) is 132 Å². The summed E-state index contributed by atoms with van der Waals surface area (Å²) in [5, 5.41) is 12.2. The summed E-state index contributed by atoms with van der Waals surface area (Å²) in [6.07, 6.45) is 0. The molecule has 2 aromatic heterocycles. The van der Waals surface area contributed by atoms with E-state index in [9.17, 15) is 0 Å². The fraction of sp³-hybridized carbons (Fsp3) is 0. The Bertz CT molecular complexity index is 3530. The second kappa shape index (κ2) is 12.0. The Hall–Kier alpha value is -7.42. The highest BCUT2D eigenvalue weighted by Crippen LogP contribution is 2.39. The van der Waals surface area contributed by atoms with Gasteiger partial charge in [0.1, 0.15) is 11.2 Å². The first-order valence-corrected chi connectivity index (χ1v) is 19.2. The lowest BCUT2D eigenvalue weighted by Gasteiger charge is -2.10. The maximum atomic E-state index is 6.35. The molecule has 2 heterocycles. The minimum Gasteiger partial charge on any atom is -0.456 e. The van der Waals surface area contributed by atoms with Crippen LogP contribution in [0.1, 0.15) is 0 Å². The minimum atomic E-state index is 0.903. The largest absolute Gasteiger partial charge is 0.456 e. The van der Waals surface area contributed by atoms with Crippen LogP contribution in [-0.4, -0.2) is 4.57 Å². The molecule has 0 saturated carbocycles. The maximum absolute atomic E-state index is 6.35. The van der Waals surface area contributed by atoms with Gasteiger partial charge in [-0.2, -0.15) is 0 Å². The number of rotatable bonds is 4. The average molecular weight is 712 g/mol. The molecule has 2 heteroatoms. The fourth-order valence-electron chi connectivity index (χ4n) is 8.85. The highest BCUT2D eigenvalue weighted by Gasteiger charge is 2.16. The summed E-state index contributed by atoms with van der Waals surface area (Å²) in [4.78, 5) is 0. The van der Waals surface area contributed by atoms with Gasteiger partial charge in [-0.15, -0.1) is 0 Å². The lowest BCUT2D eigenvalue weighted by Crippen LogP contribution is -1.93. The molecule has 0 atom stereocenters. The molecule has 260 valence electrons. The van der Waals surface area contributed by atoms with Crippen LogP contribution in [0.2, 0.25) is 0 Å². The Labute approximate surface area is 323 Å². The summed E-state index contributed by atoms with van der Waals surface area (Å²) >= 11 is 0. The minimum absolute atomic E-state index is 0.903. The third kappa shape index (κ3) is 4.90. The molecule has 0 saturated heterocycles. The molecule has 0 radical (unpaired) electrons. The zero-order valence-corrected chi connectivity index (χ0v) is 30.4. The van der Waals surface area contributed by atoms with Gasteiger partial charge < -0.3 is 8.98 Å². The van der Waals surface area contributed by atoms with Crippen molar-refractivity contribution >= 4 is 76.1 Å². The first-order valence-electron chi connectivity index (χ1n) is 19.2. The highest BCUT2D eigenvalue weighted by atomic mass is 16.3. The van der Waals surface area contributed by atoms with Gasteiger partial charge in [-0.1, -0.05) is 133 Å². The van der Waals surface area contributed by atoms with E-state index in [0.717, 1.165) is 27.6 Å². The lowest BCUT2D eigenvalue weighted by atomic mass is 9.95. The van der Waals surface area contributed by atoms with E-state index in [2.05, 4.69) is 205 Å². The van der Waals surface area contributed by atoms with Crippen molar-refractivity contribution in [3.8, 4) is 39.1 Å². The summed E-state index contributed by atoms with van der Waals surface area (Å²) in [6, 6.07) is 73.0. The van der Waals surface area contributed by atoms with E-state index in [-0.39, 0.29) is 0 Å². The van der Waals surface area contributed by atoms with Crippen molar-refractivity contribution in [2.75, 3.05) is 0 Å². The van der Waals surface area contributed by atoms with Gasteiger partial charge in [0.15, 0.2) is 0 Å². The number of benzene rings is 10. The topological polar surface area (TPSA) is 18.1 Å². The van der Waals surface area contributed by atoms with Crippen molar-refractivity contribution in [2.45, 2.75) is 0 Å². The van der Waals surface area contributed by atoms with Gasteiger partial charge in [-0.25, -0.2) is 0 Å². The first kappa shape index (κ1) is 31.0. The van der Waals surface area contributed by atoms with E-state index >= 15 is 0 Å². The Morgan fingerprint density at radius 2 is 0.750 bits per heavy atom. The first-order chi connectivity index (χ1) is 27.7. The summed E-state index contributed by atoms with van der Waals surface area (Å²) in [6.45, 7) is 0. The zero-order valence-electron chi connectivity index (χ0n) is 30.4. The third-order valence-electron chi connectivity index (χ3n) is 11.7. The van der Waals surface area contributed by atoms with E-state index in [0.29, 0.717) is 0 Å². The number of para-hydroxylation sites is 1. The van der Waals surface area contributed by atoms with Crippen LogP contribution in [0, 0.1) is 0 Å². The molecule has 0 aliphatic rings.